The summed E-state index contributed by atoms with van der Waals surface area (Å²) in [5.41, 5.74) is -3.46. The largest absolute Gasteiger partial charge is 0.416 e. The van der Waals surface area contributed by atoms with Gasteiger partial charge in [0.25, 0.3) is 6.43 Å². The van der Waals surface area contributed by atoms with Gasteiger partial charge in [0.2, 0.25) is 0 Å². The SMILES string of the molecule is CCCNC(C)(c1ccccc1C(F)(F)F)C(F)F. The molecular formula is C13H16F5N. The Morgan fingerprint density at radius 1 is 1.11 bits per heavy atom. The van der Waals surface area contributed by atoms with Crippen LogP contribution in [0, 0.1) is 0 Å². The van der Waals surface area contributed by atoms with E-state index in [1.807, 2.05) is 0 Å². The summed E-state index contributed by atoms with van der Waals surface area (Å²) in [4.78, 5) is 0. The lowest BCUT2D eigenvalue weighted by Crippen LogP contribution is -2.47. The van der Waals surface area contributed by atoms with Crippen molar-refractivity contribution in [2.75, 3.05) is 6.54 Å². The van der Waals surface area contributed by atoms with Crippen molar-refractivity contribution in [1.82, 2.24) is 5.32 Å². The Bertz CT molecular complexity index is 416. The van der Waals surface area contributed by atoms with Crippen molar-refractivity contribution in [3.63, 3.8) is 0 Å². The minimum Gasteiger partial charge on any atom is -0.303 e. The first kappa shape index (κ1) is 15.9. The monoisotopic (exact) mass is 281 g/mol. The summed E-state index contributed by atoms with van der Waals surface area (Å²) in [6, 6.07) is 4.44. The number of alkyl halides is 5. The molecule has 0 amide bonds. The molecule has 0 saturated heterocycles. The maximum absolute atomic E-state index is 13.2. The Kier molecular flexibility index (Phi) is 4.90. The highest BCUT2D eigenvalue weighted by molar-refractivity contribution is 5.36. The molecule has 1 nitrogen and oxygen atoms in total. The Labute approximate surface area is 108 Å². The smallest absolute Gasteiger partial charge is 0.303 e. The number of nitrogens with one attached hydrogen (secondary N) is 1. The third-order valence-electron chi connectivity index (χ3n) is 2.97. The zero-order chi connectivity index (χ0) is 14.7. The predicted molar refractivity (Wildman–Crippen MR) is 63.1 cm³/mol. The molecule has 0 radical (unpaired) electrons. The molecule has 0 heterocycles. The van der Waals surface area contributed by atoms with Crippen LogP contribution in [-0.2, 0) is 11.7 Å². The molecular weight excluding hydrogens is 265 g/mol. The van der Waals surface area contributed by atoms with Crippen molar-refractivity contribution in [2.45, 2.75) is 38.4 Å². The van der Waals surface area contributed by atoms with Crippen molar-refractivity contribution in [3.8, 4) is 0 Å². The van der Waals surface area contributed by atoms with Crippen LogP contribution in [0.1, 0.15) is 31.4 Å². The van der Waals surface area contributed by atoms with Gasteiger partial charge in [-0.15, -0.1) is 0 Å². The molecule has 0 aliphatic carbocycles. The molecule has 1 aromatic carbocycles. The Balaban J connectivity index is 3.31. The second-order valence-electron chi connectivity index (χ2n) is 4.47. The first-order valence-corrected chi connectivity index (χ1v) is 5.93. The number of halogens is 5. The van der Waals surface area contributed by atoms with Gasteiger partial charge in [0, 0.05) is 0 Å². The minimum atomic E-state index is -4.65. The lowest BCUT2D eigenvalue weighted by atomic mass is 9.88. The van der Waals surface area contributed by atoms with E-state index in [1.54, 1.807) is 6.92 Å². The highest BCUT2D eigenvalue weighted by atomic mass is 19.4. The van der Waals surface area contributed by atoms with Crippen LogP contribution in [0.5, 0.6) is 0 Å². The minimum absolute atomic E-state index is 0.215. The molecule has 6 heteroatoms. The highest BCUT2D eigenvalue weighted by Crippen LogP contribution is 2.38. The maximum atomic E-state index is 13.2. The van der Waals surface area contributed by atoms with Crippen molar-refractivity contribution in [2.24, 2.45) is 0 Å². The van der Waals surface area contributed by atoms with Gasteiger partial charge in [0.15, 0.2) is 0 Å². The van der Waals surface area contributed by atoms with Crippen LogP contribution in [-0.4, -0.2) is 13.0 Å². The van der Waals surface area contributed by atoms with Crippen LogP contribution in [0.25, 0.3) is 0 Å². The first-order chi connectivity index (χ1) is 8.73. The summed E-state index contributed by atoms with van der Waals surface area (Å²) in [6.07, 6.45) is -7.04. The summed E-state index contributed by atoms with van der Waals surface area (Å²) < 4.78 is 65.1. The van der Waals surface area contributed by atoms with Gasteiger partial charge in [-0.25, -0.2) is 8.78 Å². The van der Waals surface area contributed by atoms with Crippen molar-refractivity contribution < 1.29 is 22.0 Å². The van der Waals surface area contributed by atoms with Crippen LogP contribution >= 0.6 is 0 Å². The fourth-order valence-electron chi connectivity index (χ4n) is 1.86. The number of hydrogen-bond donors (Lipinski definition) is 1. The van der Waals surface area contributed by atoms with Gasteiger partial charge in [0.05, 0.1) is 5.56 Å². The van der Waals surface area contributed by atoms with Gasteiger partial charge in [-0.1, -0.05) is 25.1 Å². The Hall–Kier alpha value is -1.17. The Morgan fingerprint density at radius 3 is 2.05 bits per heavy atom. The van der Waals surface area contributed by atoms with Crippen molar-refractivity contribution in [1.29, 1.82) is 0 Å². The fraction of sp³-hybridized carbons (Fsp3) is 0.538. The molecule has 0 spiro atoms. The topological polar surface area (TPSA) is 12.0 Å². The van der Waals surface area contributed by atoms with Gasteiger partial charge in [-0.3, -0.25) is 0 Å². The lowest BCUT2D eigenvalue weighted by Gasteiger charge is -2.32. The molecule has 1 atom stereocenters. The fourth-order valence-corrected chi connectivity index (χ4v) is 1.86. The van der Waals surface area contributed by atoms with Crippen molar-refractivity contribution in [3.05, 3.63) is 35.4 Å². The molecule has 0 aliphatic rings. The third kappa shape index (κ3) is 3.43. The van der Waals surface area contributed by atoms with E-state index in [0.29, 0.717) is 6.42 Å². The van der Waals surface area contributed by atoms with Crippen LogP contribution in [0.2, 0.25) is 0 Å². The average molecular weight is 281 g/mol. The summed E-state index contributed by atoms with van der Waals surface area (Å²) in [7, 11) is 0. The average Bonchev–Trinajstić information content (AvgIpc) is 2.34. The first-order valence-electron chi connectivity index (χ1n) is 5.93. The molecule has 0 aromatic heterocycles. The van der Waals surface area contributed by atoms with E-state index in [0.717, 1.165) is 19.1 Å². The molecule has 1 aromatic rings. The molecule has 0 saturated carbocycles. The molecule has 19 heavy (non-hydrogen) atoms. The second kappa shape index (κ2) is 5.86. The summed E-state index contributed by atoms with van der Waals surface area (Å²) in [5, 5.41) is 2.52. The maximum Gasteiger partial charge on any atom is 0.416 e. The predicted octanol–water partition coefficient (Wildman–Crippen LogP) is 4.19. The van der Waals surface area contributed by atoms with Gasteiger partial charge in [-0.05, 0) is 31.5 Å². The van der Waals surface area contributed by atoms with Crippen LogP contribution in [0.15, 0.2) is 24.3 Å². The molecule has 0 aliphatic heterocycles. The van der Waals surface area contributed by atoms with Gasteiger partial charge in [0.1, 0.15) is 5.54 Å². The van der Waals surface area contributed by atoms with E-state index in [1.165, 1.54) is 12.1 Å². The van der Waals surface area contributed by atoms with Gasteiger partial charge < -0.3 is 5.32 Å². The molecule has 108 valence electrons. The molecule has 1 unspecified atom stereocenters. The van der Waals surface area contributed by atoms with E-state index < -0.39 is 29.3 Å². The molecule has 1 rings (SSSR count). The van der Waals surface area contributed by atoms with Gasteiger partial charge >= 0.3 is 6.18 Å². The van der Waals surface area contributed by atoms with E-state index in [-0.39, 0.29) is 6.54 Å². The lowest BCUT2D eigenvalue weighted by molar-refractivity contribution is -0.139. The van der Waals surface area contributed by atoms with Crippen LogP contribution in [0.3, 0.4) is 0 Å². The third-order valence-corrected chi connectivity index (χ3v) is 2.97. The van der Waals surface area contributed by atoms with Crippen molar-refractivity contribution >= 4 is 0 Å². The quantitative estimate of drug-likeness (QED) is 0.798. The van der Waals surface area contributed by atoms with E-state index >= 15 is 0 Å². The zero-order valence-corrected chi connectivity index (χ0v) is 10.7. The summed E-state index contributed by atoms with van der Waals surface area (Å²) in [5.74, 6) is 0. The van der Waals surface area contributed by atoms with Crippen LogP contribution < -0.4 is 5.32 Å². The normalized spacial score (nSPS) is 15.6. The number of benzene rings is 1. The van der Waals surface area contributed by atoms with Crippen LogP contribution in [0.4, 0.5) is 22.0 Å². The molecule has 0 bridgehead atoms. The molecule has 0 fully saturated rings. The Morgan fingerprint density at radius 2 is 1.63 bits per heavy atom. The summed E-state index contributed by atoms with van der Waals surface area (Å²) in [6.45, 7) is 3.07. The van der Waals surface area contributed by atoms with E-state index in [9.17, 15) is 22.0 Å². The highest BCUT2D eigenvalue weighted by Gasteiger charge is 2.43. The standard InChI is InChI=1S/C13H16F5N/c1-3-8-19-12(2,11(14)15)9-6-4-5-7-10(9)13(16,17)18/h4-7,11,19H,3,8H2,1-2H3. The summed E-state index contributed by atoms with van der Waals surface area (Å²) >= 11 is 0. The number of hydrogen-bond acceptors (Lipinski definition) is 1. The zero-order valence-electron chi connectivity index (χ0n) is 10.7. The van der Waals surface area contributed by atoms with Gasteiger partial charge in [-0.2, -0.15) is 13.2 Å². The van der Waals surface area contributed by atoms with E-state index in [4.69, 9.17) is 0 Å². The molecule has 1 N–H and O–H groups in total. The van der Waals surface area contributed by atoms with E-state index in [2.05, 4.69) is 5.32 Å². The number of rotatable bonds is 5. The second-order valence-corrected chi connectivity index (χ2v) is 4.47.